The van der Waals surface area contributed by atoms with Crippen molar-refractivity contribution in [3.05, 3.63) is 29.8 Å². The van der Waals surface area contributed by atoms with E-state index in [1.165, 1.54) is 12.1 Å². The van der Waals surface area contributed by atoms with Gasteiger partial charge in [-0.2, -0.15) is 0 Å². The minimum atomic E-state index is -4.75. The Kier molecular flexibility index (Phi) is 120. The molecule has 1 rings (SSSR count). The van der Waals surface area contributed by atoms with Crippen LogP contribution in [-0.2, 0) is 4.79 Å². The van der Waals surface area contributed by atoms with E-state index in [4.69, 9.17) is 10.8 Å². The lowest BCUT2D eigenvalue weighted by atomic mass is 8.65. The van der Waals surface area contributed by atoms with Gasteiger partial charge in [-0.15, -0.1) is 504 Å². The van der Waals surface area contributed by atoms with Crippen molar-refractivity contribution in [3.63, 3.8) is 0 Å². The molecule has 0 radical (unpaired) electrons. The topological polar surface area (TPSA) is 72.6 Å². The van der Waals surface area contributed by atoms with Gasteiger partial charge in [-0.1, -0.05) is 91.9 Å². The van der Waals surface area contributed by atoms with Crippen molar-refractivity contribution in [2.75, 3.05) is 0 Å². The lowest BCUT2D eigenvalue weighted by Gasteiger charge is -2.61. The molecule has 0 amide bonds. The fourth-order valence-corrected chi connectivity index (χ4v) is 898. The SMILES string of the molecule is NC(CC(=O)O)c1ccc(OC(F)(F)F)cc1.PPP(P(P)P)P(B(B(B(B(B(P(P(P)P)P(P)P)P(P(P)P)P(P)P)B(P(P(P)P)P(P)P)P(P(P)P)P(P)P)B(P(P(P(P)P)P(P)P)P(P(P)P)P(P)P)P(P(P(P)P)P(P)P)P(P(P)P)P(P)P)B(P(P(P)P)P(P)P)P(P(P)P)P(P)P)P(P(P(P)P)P(P)P)P(P(P)P)P(P)P)P(P(P)P)P(P)P. The second-order valence-corrected chi connectivity index (χ2v) is 399. The number of carboxylic acid groups (broad SMARTS) is 1. The van der Waals surface area contributed by atoms with Gasteiger partial charge in [-0.3, -0.25) is 4.79 Å². The molecule has 1 aromatic rings. The van der Waals surface area contributed by atoms with Gasteiger partial charge < -0.3 is 15.6 Å². The van der Waals surface area contributed by atoms with Gasteiger partial charge in [0.2, 0.25) is 0 Å². The van der Waals surface area contributed by atoms with Gasteiger partial charge in [0.1, 0.15) is 5.75 Å². The van der Waals surface area contributed by atoms with Crippen molar-refractivity contribution >= 4 is 871 Å². The molecular weight excluding hydrogens is 3450 g/mol. The van der Waals surface area contributed by atoms with Crippen LogP contribution in [0.5, 0.6) is 5.75 Å². The molecule has 59 unspecified atom stereocenters. The number of rotatable bonds is 57. The molecule has 734 valence electrons. The monoisotopic (exact) mass is 3580 g/mol. The van der Waals surface area contributed by atoms with Crippen molar-refractivity contribution in [1.82, 2.24) is 0 Å². The molecule has 0 saturated carbocycles. The summed E-state index contributed by atoms with van der Waals surface area (Å²) in [6, 6.07) is 6.88. The highest BCUT2D eigenvalue weighted by molar-refractivity contribution is 9.38. The van der Waals surface area contributed by atoms with Gasteiger partial charge in [0.05, 0.1) is 19.2 Å². The van der Waals surface area contributed by atoms with Gasteiger partial charge in [0.25, 0.3) is 0 Å². The molecule has 0 saturated heterocycles. The summed E-state index contributed by atoms with van der Waals surface area (Å²) in [6.07, 6.45) is -3.60. The Morgan fingerprint density at radius 3 is 0.595 bits per heavy atom. The van der Waals surface area contributed by atoms with Crippen LogP contribution in [0, 0.1) is 0 Å². The number of halogens is 3. The average molecular weight is 3580 g/mol. The van der Waals surface area contributed by atoms with Crippen LogP contribution < -0.4 is 10.5 Å². The summed E-state index contributed by atoms with van der Waals surface area (Å²) in [5.74, 6) is -1.45. The fourth-order valence-electron chi connectivity index (χ4n) is 11.0. The summed E-state index contributed by atoms with van der Waals surface area (Å²) < 4.78 is 39.2. The Balaban J connectivity index is 0.00000814. The molecular formula is C10H121B8F3NO3P101. The van der Waals surface area contributed by atoms with Crippen LogP contribution in [-0.4, -0.2) is 66.8 Å². The third-order valence-electron chi connectivity index (χ3n) is 14.5. The van der Waals surface area contributed by atoms with Crippen molar-refractivity contribution in [3.8, 4) is 5.75 Å². The zero-order valence-corrected chi connectivity index (χ0v) is 170. The van der Waals surface area contributed by atoms with E-state index < -0.39 is 335 Å². The molecule has 3 N–H and O–H groups in total. The molecule has 0 heterocycles. The minimum absolute atomic E-state index is 0.292. The number of hydrogen-bond acceptors (Lipinski definition) is 3. The van der Waals surface area contributed by atoms with Crippen LogP contribution in [0.1, 0.15) is 18.0 Å². The third-order valence-corrected chi connectivity index (χ3v) is 527. The van der Waals surface area contributed by atoms with Gasteiger partial charge in [0, 0.05) is 12.4 Å². The van der Waals surface area contributed by atoms with Crippen LogP contribution in [0.15, 0.2) is 24.3 Å². The molecule has 116 heteroatoms. The summed E-state index contributed by atoms with van der Waals surface area (Å²) >= 11 is 0. The molecule has 59 atom stereocenters. The quantitative estimate of drug-likeness (QED) is 0.0504. The second-order valence-electron chi connectivity index (χ2n) is 22.9. The number of benzene rings is 1. The molecule has 126 heavy (non-hydrogen) atoms. The Hall–Kier alpha value is 42.2. The molecule has 0 aliphatic rings. The Bertz CT molecular complexity index is 2670. The summed E-state index contributed by atoms with van der Waals surface area (Å²) in [6.45, 7) is -18.9. The van der Waals surface area contributed by atoms with Gasteiger partial charge in [-0.25, -0.2) is 0 Å². The number of ether oxygens (including phenoxy) is 1. The Morgan fingerprint density at radius 2 is 0.452 bits per heavy atom. The number of hydrogen-bond donors (Lipinski definition) is 2. The van der Waals surface area contributed by atoms with Crippen LogP contribution in [0.3, 0.4) is 0 Å². The maximum absolute atomic E-state index is 11.8. The average Bonchev–Trinajstić information content (AvgIpc) is 0.703. The zero-order valence-electron chi connectivity index (χ0n) is 65.6. The zero-order chi connectivity index (χ0) is 99.4. The van der Waals surface area contributed by atoms with E-state index in [2.05, 4.69) is 496 Å². The Labute approximate surface area is 944 Å². The normalized spacial score (nSPS) is 14.5. The van der Waals surface area contributed by atoms with E-state index in [9.17, 15) is 18.0 Å². The maximum atomic E-state index is 11.8. The van der Waals surface area contributed by atoms with Crippen LogP contribution in [0.25, 0.3) is 0 Å². The maximum Gasteiger partial charge on any atom is 0.573 e. The molecule has 0 aliphatic heterocycles. The predicted octanol–water partition coefficient (Wildman–Crippen LogP) is 56.3. The van der Waals surface area contributed by atoms with E-state index >= 15 is 0 Å². The highest BCUT2D eigenvalue weighted by atomic mass is 33.3. The second kappa shape index (κ2) is 90.3. The fraction of sp³-hybridized carbons (Fsp3) is 0.300. The molecule has 0 spiro atoms. The van der Waals surface area contributed by atoms with Crippen LogP contribution in [0.4, 0.5) is 13.2 Å². The van der Waals surface area contributed by atoms with Crippen molar-refractivity contribution in [1.29, 1.82) is 0 Å². The first-order valence-corrected chi connectivity index (χ1v) is 208. The lowest BCUT2D eigenvalue weighted by molar-refractivity contribution is -0.274. The number of nitrogens with two attached hydrogens (primary N) is 1. The van der Waals surface area contributed by atoms with Gasteiger partial charge in [0.15, 0.2) is 30.2 Å². The van der Waals surface area contributed by atoms with Crippen molar-refractivity contribution in [2.24, 2.45) is 5.73 Å². The van der Waals surface area contributed by atoms with Crippen molar-refractivity contribution < 1.29 is 27.8 Å². The van der Waals surface area contributed by atoms with Gasteiger partial charge >= 0.3 is 12.3 Å². The number of carbonyl (C=O) groups is 1. The van der Waals surface area contributed by atoms with Crippen molar-refractivity contribution in [2.45, 2.75) is 18.8 Å². The molecule has 1 aromatic carbocycles. The molecule has 4 nitrogen and oxygen atoms in total. The van der Waals surface area contributed by atoms with Crippen LogP contribution >= 0.6 is 815 Å². The standard InChI is InChI=1S/C10H10F3NO3.B8H111P101/c11-10(12,13)17-7-3-1-6(2-4-7)8(14)5-9(15)16;9-64-102(87(34)35)71(103(88(36)37)89(38)39)8(74(108(98(56)57)99(58)59)109(100(60)61)101(62)63)3(7(69(83(26)27)84(28)29)70(85(30)31)86(32)33)1(2(5(65(75(10)11)76(12)13)66(77(14)15)78(16)17)6(67(79(18)19)80(20)21)68(81(22)23)82(24)25)4(72(104(90(40)41)91(42)43)105(92(44)45)93(46)47)73(106(94(48)49)95(50)51)107(96(52)53)97(54)55/h1-4,8H,5,14H2,(H,15,16);64H,9-63H2. The van der Waals surface area contributed by atoms with E-state index in [1.807, 2.05) is 0 Å². The molecule has 0 fully saturated rings. The molecule has 0 bridgehead atoms. The molecule has 0 aromatic heterocycles. The third kappa shape index (κ3) is 59.9. The smallest absolute Gasteiger partial charge is 0.481 e. The first-order valence-electron chi connectivity index (χ1n) is 31.0. The number of aliphatic carboxylic acids is 1. The molecule has 0 aliphatic carbocycles. The number of alkyl halides is 3. The van der Waals surface area contributed by atoms with Gasteiger partial charge in [-0.05, 0) is 262 Å². The predicted molar refractivity (Wildman–Crippen MR) is 952 cm³/mol. The summed E-state index contributed by atoms with van der Waals surface area (Å²) in [5.41, 5.74) is 5.96. The first-order chi connectivity index (χ1) is 57.4. The van der Waals surface area contributed by atoms with E-state index in [-0.39, 0.29) is 12.2 Å². The largest absolute Gasteiger partial charge is 0.573 e. The lowest BCUT2D eigenvalue weighted by Crippen LogP contribution is -2.73. The highest BCUT2D eigenvalue weighted by Gasteiger charge is 2.73. The minimum Gasteiger partial charge on any atom is -0.481 e. The van der Waals surface area contributed by atoms with E-state index in [0.29, 0.717) is 54.9 Å². The summed E-state index contributed by atoms with van der Waals surface area (Å²) in [4.78, 5) is 10.4. The first kappa shape index (κ1) is 168. The Morgan fingerprint density at radius 1 is 0.286 bits per heavy atom. The number of carboxylic acids is 1. The summed E-state index contributed by atoms with van der Waals surface area (Å²) in [7, 11) is 203. The highest BCUT2D eigenvalue weighted by Crippen LogP contribution is 3.32. The van der Waals surface area contributed by atoms with E-state index in [0.717, 1.165) is 20.1 Å². The summed E-state index contributed by atoms with van der Waals surface area (Å²) in [5, 5.41) is 8.50. The van der Waals surface area contributed by atoms with Crippen LogP contribution in [0.2, 0.25) is 0 Å². The van der Waals surface area contributed by atoms with E-state index in [1.54, 1.807) is 0 Å².